The van der Waals surface area contributed by atoms with Gasteiger partial charge in [0, 0.05) is 0 Å². The second-order valence-corrected chi connectivity index (χ2v) is 11.3. The standard InChI is InChI=1S/C29H54O4/c1-4-21-28(26(30)31)23-18-19-24-29(28,27(32)33)22-17-15-13-11-9-7-5-6-8-10-12-14-16-20-25(2)3/h25H,4-24H2,1-3H3,(H,30,31)(H,32,33). The first-order chi connectivity index (χ1) is 15.8. The SMILES string of the molecule is CCCC1(C(=O)O)CCCCC1(CCCCCCCCCCCCCCCC(C)C)C(=O)O. The van der Waals surface area contributed by atoms with Gasteiger partial charge in [-0.1, -0.05) is 130 Å². The molecule has 0 aromatic carbocycles. The molecular weight excluding hydrogens is 412 g/mol. The van der Waals surface area contributed by atoms with Crippen LogP contribution >= 0.6 is 0 Å². The molecule has 0 aromatic rings. The van der Waals surface area contributed by atoms with Crippen LogP contribution in [0.4, 0.5) is 0 Å². The zero-order valence-electron chi connectivity index (χ0n) is 22.1. The zero-order valence-corrected chi connectivity index (χ0v) is 22.1. The van der Waals surface area contributed by atoms with E-state index >= 15 is 0 Å². The molecule has 0 aromatic heterocycles. The van der Waals surface area contributed by atoms with Gasteiger partial charge in [-0.05, 0) is 31.6 Å². The molecule has 0 heterocycles. The molecule has 1 aliphatic rings. The fourth-order valence-electron chi connectivity index (χ4n) is 6.25. The topological polar surface area (TPSA) is 74.6 Å². The molecular formula is C29H54O4. The summed E-state index contributed by atoms with van der Waals surface area (Å²) in [5.41, 5.74) is -2.16. The monoisotopic (exact) mass is 466 g/mol. The van der Waals surface area contributed by atoms with Gasteiger partial charge in [0.15, 0.2) is 0 Å². The lowest BCUT2D eigenvalue weighted by atomic mass is 9.52. The molecule has 33 heavy (non-hydrogen) atoms. The minimum absolute atomic E-state index is 0.479. The van der Waals surface area contributed by atoms with Crippen LogP contribution in [-0.2, 0) is 9.59 Å². The third-order valence-electron chi connectivity index (χ3n) is 8.25. The van der Waals surface area contributed by atoms with Crippen LogP contribution in [0.5, 0.6) is 0 Å². The summed E-state index contributed by atoms with van der Waals surface area (Å²) in [6, 6.07) is 0. The first kappa shape index (κ1) is 30.0. The fraction of sp³-hybridized carbons (Fsp3) is 0.931. The molecule has 194 valence electrons. The minimum atomic E-state index is -1.08. The van der Waals surface area contributed by atoms with E-state index in [0.717, 1.165) is 44.4 Å². The van der Waals surface area contributed by atoms with Gasteiger partial charge in [0.2, 0.25) is 0 Å². The lowest BCUT2D eigenvalue weighted by Gasteiger charge is -2.48. The van der Waals surface area contributed by atoms with Crippen LogP contribution in [0.1, 0.15) is 156 Å². The third kappa shape index (κ3) is 9.61. The van der Waals surface area contributed by atoms with Gasteiger partial charge < -0.3 is 10.2 Å². The molecule has 4 nitrogen and oxygen atoms in total. The summed E-state index contributed by atoms with van der Waals surface area (Å²) in [4.78, 5) is 24.7. The molecule has 0 aliphatic heterocycles. The Bertz CT molecular complexity index is 540. The zero-order chi connectivity index (χ0) is 24.6. The predicted molar refractivity (Wildman–Crippen MR) is 138 cm³/mol. The maximum atomic E-state index is 12.4. The molecule has 0 bridgehead atoms. The smallest absolute Gasteiger partial charge is 0.310 e. The number of rotatable bonds is 20. The number of unbranched alkanes of at least 4 members (excludes halogenated alkanes) is 12. The Balaban J connectivity index is 2.21. The lowest BCUT2D eigenvalue weighted by molar-refractivity contribution is -0.182. The van der Waals surface area contributed by atoms with Crippen molar-refractivity contribution in [3.8, 4) is 0 Å². The first-order valence-corrected chi connectivity index (χ1v) is 14.3. The Morgan fingerprint density at radius 2 is 1.00 bits per heavy atom. The first-order valence-electron chi connectivity index (χ1n) is 14.3. The van der Waals surface area contributed by atoms with Crippen LogP contribution < -0.4 is 0 Å². The number of hydrogen-bond donors (Lipinski definition) is 2. The highest BCUT2D eigenvalue weighted by atomic mass is 16.4. The highest BCUT2D eigenvalue weighted by Gasteiger charge is 2.60. The Kier molecular flexibility index (Phi) is 15.0. The number of carboxylic acid groups (broad SMARTS) is 2. The molecule has 1 aliphatic carbocycles. The van der Waals surface area contributed by atoms with Crippen molar-refractivity contribution in [1.29, 1.82) is 0 Å². The van der Waals surface area contributed by atoms with E-state index in [0.29, 0.717) is 25.7 Å². The van der Waals surface area contributed by atoms with E-state index in [1.807, 2.05) is 6.92 Å². The summed E-state index contributed by atoms with van der Waals surface area (Å²) in [7, 11) is 0. The van der Waals surface area contributed by atoms with Crippen LogP contribution in [0.15, 0.2) is 0 Å². The quantitative estimate of drug-likeness (QED) is 0.175. The van der Waals surface area contributed by atoms with E-state index in [1.54, 1.807) is 0 Å². The highest BCUT2D eigenvalue weighted by molar-refractivity contribution is 5.87. The van der Waals surface area contributed by atoms with Crippen molar-refractivity contribution < 1.29 is 19.8 Å². The predicted octanol–water partition coefficient (Wildman–Crippen LogP) is 9.01. The van der Waals surface area contributed by atoms with E-state index in [2.05, 4.69) is 13.8 Å². The number of aliphatic carboxylic acids is 2. The van der Waals surface area contributed by atoms with Crippen LogP contribution in [0.25, 0.3) is 0 Å². The Morgan fingerprint density at radius 1 is 0.636 bits per heavy atom. The van der Waals surface area contributed by atoms with Crippen LogP contribution in [0, 0.1) is 16.7 Å². The molecule has 1 rings (SSSR count). The van der Waals surface area contributed by atoms with Crippen LogP contribution in [0.2, 0.25) is 0 Å². The van der Waals surface area contributed by atoms with Gasteiger partial charge in [0.1, 0.15) is 0 Å². The summed E-state index contributed by atoms with van der Waals surface area (Å²) < 4.78 is 0. The van der Waals surface area contributed by atoms with Crippen LogP contribution in [0.3, 0.4) is 0 Å². The Morgan fingerprint density at radius 3 is 1.36 bits per heavy atom. The maximum absolute atomic E-state index is 12.4. The summed E-state index contributed by atoms with van der Waals surface area (Å²) in [5, 5.41) is 20.2. The summed E-state index contributed by atoms with van der Waals surface area (Å²) in [6.07, 6.45) is 22.2. The average Bonchev–Trinajstić information content (AvgIpc) is 2.77. The molecule has 1 fully saturated rings. The molecule has 0 amide bonds. The highest BCUT2D eigenvalue weighted by Crippen LogP contribution is 2.56. The van der Waals surface area contributed by atoms with Gasteiger partial charge in [0.05, 0.1) is 10.8 Å². The Hall–Kier alpha value is -1.06. The van der Waals surface area contributed by atoms with E-state index in [9.17, 15) is 19.8 Å². The van der Waals surface area contributed by atoms with E-state index < -0.39 is 22.8 Å². The van der Waals surface area contributed by atoms with Crippen molar-refractivity contribution in [2.75, 3.05) is 0 Å². The van der Waals surface area contributed by atoms with Gasteiger partial charge in [-0.2, -0.15) is 0 Å². The van der Waals surface area contributed by atoms with Crippen LogP contribution in [-0.4, -0.2) is 22.2 Å². The van der Waals surface area contributed by atoms with E-state index in [-0.39, 0.29) is 0 Å². The lowest BCUT2D eigenvalue weighted by Crippen LogP contribution is -2.54. The fourth-order valence-corrected chi connectivity index (χ4v) is 6.25. The normalized spacial score (nSPS) is 23.2. The van der Waals surface area contributed by atoms with Crippen molar-refractivity contribution in [3.63, 3.8) is 0 Å². The van der Waals surface area contributed by atoms with Gasteiger partial charge in [-0.25, -0.2) is 0 Å². The molecule has 2 unspecified atom stereocenters. The number of carbonyl (C=O) groups is 2. The molecule has 2 N–H and O–H groups in total. The summed E-state index contributed by atoms with van der Waals surface area (Å²) >= 11 is 0. The second kappa shape index (κ2) is 16.5. The van der Waals surface area contributed by atoms with Gasteiger partial charge in [-0.15, -0.1) is 0 Å². The Labute approximate surface area is 204 Å². The second-order valence-electron chi connectivity index (χ2n) is 11.3. The van der Waals surface area contributed by atoms with Crippen molar-refractivity contribution in [2.24, 2.45) is 16.7 Å². The third-order valence-corrected chi connectivity index (χ3v) is 8.25. The molecule has 0 radical (unpaired) electrons. The van der Waals surface area contributed by atoms with Crippen molar-refractivity contribution in [2.45, 2.75) is 156 Å². The largest absolute Gasteiger partial charge is 0.481 e. The molecule has 4 heteroatoms. The minimum Gasteiger partial charge on any atom is -0.481 e. The molecule has 0 saturated heterocycles. The van der Waals surface area contributed by atoms with E-state index in [1.165, 1.54) is 70.6 Å². The number of hydrogen-bond acceptors (Lipinski definition) is 2. The van der Waals surface area contributed by atoms with E-state index in [4.69, 9.17) is 0 Å². The van der Waals surface area contributed by atoms with Gasteiger partial charge in [0.25, 0.3) is 0 Å². The maximum Gasteiger partial charge on any atom is 0.310 e. The van der Waals surface area contributed by atoms with Gasteiger partial charge in [-0.3, -0.25) is 9.59 Å². The molecule has 2 atom stereocenters. The molecule has 1 saturated carbocycles. The average molecular weight is 467 g/mol. The number of carboxylic acids is 2. The van der Waals surface area contributed by atoms with Crippen molar-refractivity contribution in [1.82, 2.24) is 0 Å². The molecule has 0 spiro atoms. The summed E-state index contributed by atoms with van der Waals surface area (Å²) in [6.45, 7) is 6.58. The van der Waals surface area contributed by atoms with Gasteiger partial charge >= 0.3 is 11.9 Å². The summed E-state index contributed by atoms with van der Waals surface area (Å²) in [5.74, 6) is -0.921. The van der Waals surface area contributed by atoms with Crippen molar-refractivity contribution in [3.05, 3.63) is 0 Å². The van der Waals surface area contributed by atoms with Crippen molar-refractivity contribution >= 4 is 11.9 Å².